The Morgan fingerprint density at radius 2 is 1.74 bits per heavy atom. The van der Waals surface area contributed by atoms with Gasteiger partial charge in [0.15, 0.2) is 0 Å². The second-order valence-electron chi connectivity index (χ2n) is 8.46. The molecule has 3 aromatic carbocycles. The van der Waals surface area contributed by atoms with E-state index in [1.54, 1.807) is 6.07 Å². The molecule has 3 aromatic rings. The standard InChI is InChI=1S/C27H24N2O2/c1-2-16-28-24(30)17-20-6-3-4-8-21(20)26(31)29-27(14-15-27)23-13-12-19-11-10-18-7-5-9-22(23)25(18)19/h1,3-9,12-13H,10-11,14-17H2,(H,28,30)(H,29,31). The van der Waals surface area contributed by atoms with Gasteiger partial charge in [-0.2, -0.15) is 0 Å². The molecule has 0 radical (unpaired) electrons. The number of rotatable bonds is 6. The molecule has 2 aliphatic carbocycles. The van der Waals surface area contributed by atoms with E-state index in [4.69, 9.17) is 6.42 Å². The van der Waals surface area contributed by atoms with Crippen LogP contribution < -0.4 is 10.6 Å². The largest absolute Gasteiger partial charge is 0.345 e. The molecule has 1 saturated carbocycles. The highest BCUT2D eigenvalue weighted by Crippen LogP contribution is 2.49. The van der Waals surface area contributed by atoms with E-state index in [9.17, 15) is 9.59 Å². The van der Waals surface area contributed by atoms with Crippen LogP contribution in [0, 0.1) is 12.3 Å². The van der Waals surface area contributed by atoms with E-state index >= 15 is 0 Å². The average molecular weight is 409 g/mol. The molecule has 5 rings (SSSR count). The maximum atomic E-state index is 13.3. The molecule has 0 spiro atoms. The van der Waals surface area contributed by atoms with Crippen LogP contribution in [0.15, 0.2) is 54.6 Å². The average Bonchev–Trinajstić information content (AvgIpc) is 3.44. The van der Waals surface area contributed by atoms with Crippen molar-refractivity contribution < 1.29 is 9.59 Å². The summed E-state index contributed by atoms with van der Waals surface area (Å²) in [4.78, 5) is 25.4. The molecule has 2 aliphatic rings. The first-order valence-electron chi connectivity index (χ1n) is 10.8. The van der Waals surface area contributed by atoms with Crippen molar-refractivity contribution in [3.05, 3.63) is 82.4 Å². The lowest BCUT2D eigenvalue weighted by Gasteiger charge is -2.21. The van der Waals surface area contributed by atoms with Gasteiger partial charge in [0.05, 0.1) is 18.5 Å². The van der Waals surface area contributed by atoms with Crippen molar-refractivity contribution in [3.8, 4) is 12.3 Å². The van der Waals surface area contributed by atoms with Gasteiger partial charge in [-0.3, -0.25) is 9.59 Å². The molecule has 31 heavy (non-hydrogen) atoms. The predicted molar refractivity (Wildman–Crippen MR) is 122 cm³/mol. The Morgan fingerprint density at radius 1 is 0.968 bits per heavy atom. The summed E-state index contributed by atoms with van der Waals surface area (Å²) in [5.74, 6) is 2.07. The number of hydrogen-bond acceptors (Lipinski definition) is 2. The number of nitrogens with one attached hydrogen (secondary N) is 2. The second-order valence-corrected chi connectivity index (χ2v) is 8.46. The summed E-state index contributed by atoms with van der Waals surface area (Å²) >= 11 is 0. The zero-order valence-corrected chi connectivity index (χ0v) is 17.3. The zero-order chi connectivity index (χ0) is 21.4. The van der Waals surface area contributed by atoms with Crippen molar-refractivity contribution in [3.63, 3.8) is 0 Å². The van der Waals surface area contributed by atoms with Crippen LogP contribution in [-0.2, 0) is 29.6 Å². The number of carbonyl (C=O) groups excluding carboxylic acids is 2. The van der Waals surface area contributed by atoms with E-state index in [0.29, 0.717) is 11.1 Å². The second kappa shape index (κ2) is 7.59. The van der Waals surface area contributed by atoms with Crippen molar-refractivity contribution in [2.75, 3.05) is 6.54 Å². The highest BCUT2D eigenvalue weighted by Gasteiger charge is 2.47. The predicted octanol–water partition coefficient (Wildman–Crippen LogP) is 3.65. The van der Waals surface area contributed by atoms with E-state index in [1.165, 1.54) is 27.5 Å². The van der Waals surface area contributed by atoms with E-state index in [2.05, 4.69) is 46.9 Å². The van der Waals surface area contributed by atoms with Crippen molar-refractivity contribution in [2.45, 2.75) is 37.6 Å². The molecule has 4 nitrogen and oxygen atoms in total. The van der Waals surface area contributed by atoms with Crippen molar-refractivity contribution in [1.29, 1.82) is 0 Å². The molecule has 2 amide bonds. The Morgan fingerprint density at radius 3 is 2.52 bits per heavy atom. The Kier molecular flexibility index (Phi) is 4.75. The number of benzene rings is 3. The van der Waals surface area contributed by atoms with Crippen LogP contribution in [0.2, 0.25) is 0 Å². The van der Waals surface area contributed by atoms with Crippen molar-refractivity contribution in [1.82, 2.24) is 10.6 Å². The lowest BCUT2D eigenvalue weighted by Crippen LogP contribution is -2.36. The molecule has 0 saturated heterocycles. The van der Waals surface area contributed by atoms with Gasteiger partial charge in [0, 0.05) is 5.56 Å². The van der Waals surface area contributed by atoms with Crippen LogP contribution in [0.25, 0.3) is 10.8 Å². The summed E-state index contributed by atoms with van der Waals surface area (Å²) in [5.41, 5.74) is 4.91. The van der Waals surface area contributed by atoms with Gasteiger partial charge in [0.1, 0.15) is 0 Å². The van der Waals surface area contributed by atoms with E-state index < -0.39 is 0 Å². The smallest absolute Gasteiger partial charge is 0.252 e. The molecule has 0 heterocycles. The van der Waals surface area contributed by atoms with Gasteiger partial charge in [0.25, 0.3) is 5.91 Å². The summed E-state index contributed by atoms with van der Waals surface area (Å²) in [6, 6.07) is 18.2. The monoisotopic (exact) mass is 408 g/mol. The van der Waals surface area contributed by atoms with Gasteiger partial charge in [-0.15, -0.1) is 6.42 Å². The summed E-state index contributed by atoms with van der Waals surface area (Å²) in [5, 5.41) is 8.59. The molecule has 0 bridgehead atoms. The van der Waals surface area contributed by atoms with E-state index in [-0.39, 0.29) is 30.3 Å². The highest BCUT2D eigenvalue weighted by atomic mass is 16.2. The van der Waals surface area contributed by atoms with Gasteiger partial charge >= 0.3 is 0 Å². The van der Waals surface area contributed by atoms with Crippen LogP contribution in [0.3, 0.4) is 0 Å². The van der Waals surface area contributed by atoms with Crippen molar-refractivity contribution >= 4 is 22.6 Å². The number of hydrogen-bond donors (Lipinski definition) is 2. The molecule has 2 N–H and O–H groups in total. The van der Waals surface area contributed by atoms with Crippen LogP contribution in [0.4, 0.5) is 0 Å². The number of aryl methyl sites for hydroxylation is 2. The molecule has 0 aliphatic heterocycles. The molecular weight excluding hydrogens is 384 g/mol. The van der Waals surface area contributed by atoms with Crippen LogP contribution in [0.1, 0.15) is 45.5 Å². The lowest BCUT2D eigenvalue weighted by molar-refractivity contribution is -0.120. The Balaban J connectivity index is 1.43. The van der Waals surface area contributed by atoms with Gasteiger partial charge in [0.2, 0.25) is 5.91 Å². The molecule has 4 heteroatoms. The molecule has 0 unspecified atom stereocenters. The third-order valence-electron chi connectivity index (χ3n) is 6.50. The summed E-state index contributed by atoms with van der Waals surface area (Å²) in [6.45, 7) is 0.182. The fourth-order valence-corrected chi connectivity index (χ4v) is 4.82. The summed E-state index contributed by atoms with van der Waals surface area (Å²) < 4.78 is 0. The number of carbonyl (C=O) groups is 2. The third kappa shape index (κ3) is 3.47. The van der Waals surface area contributed by atoms with Crippen molar-refractivity contribution in [2.24, 2.45) is 0 Å². The minimum Gasteiger partial charge on any atom is -0.345 e. The first-order chi connectivity index (χ1) is 15.1. The molecular formula is C27H24N2O2. The normalized spacial score (nSPS) is 15.3. The van der Waals surface area contributed by atoms with E-state index in [0.717, 1.165) is 25.7 Å². The highest BCUT2D eigenvalue weighted by molar-refractivity contribution is 5.99. The molecule has 0 aromatic heterocycles. The van der Waals surface area contributed by atoms with Crippen LogP contribution >= 0.6 is 0 Å². The Hall–Kier alpha value is -3.58. The van der Waals surface area contributed by atoms with Gasteiger partial charge in [-0.1, -0.05) is 54.5 Å². The maximum Gasteiger partial charge on any atom is 0.252 e. The van der Waals surface area contributed by atoms with Crippen LogP contribution in [0.5, 0.6) is 0 Å². The molecule has 154 valence electrons. The maximum absolute atomic E-state index is 13.3. The quantitative estimate of drug-likeness (QED) is 0.612. The number of amides is 2. The first-order valence-corrected chi connectivity index (χ1v) is 10.8. The summed E-state index contributed by atoms with van der Waals surface area (Å²) in [7, 11) is 0. The Labute approximate surface area is 182 Å². The minimum absolute atomic E-state index is 0.124. The van der Waals surface area contributed by atoms with Gasteiger partial charge < -0.3 is 10.6 Å². The zero-order valence-electron chi connectivity index (χ0n) is 17.3. The fourth-order valence-electron chi connectivity index (χ4n) is 4.82. The Bertz CT molecular complexity index is 1240. The molecule has 1 fully saturated rings. The lowest BCUT2D eigenvalue weighted by atomic mass is 9.93. The third-order valence-corrected chi connectivity index (χ3v) is 6.50. The van der Waals surface area contributed by atoms with Crippen LogP contribution in [-0.4, -0.2) is 18.4 Å². The van der Waals surface area contributed by atoms with Gasteiger partial charge in [-0.05, 0) is 64.8 Å². The fraction of sp³-hybridized carbons (Fsp3) is 0.259. The van der Waals surface area contributed by atoms with Gasteiger partial charge in [-0.25, -0.2) is 0 Å². The number of terminal acetylenes is 1. The topological polar surface area (TPSA) is 58.2 Å². The SMILES string of the molecule is C#CCNC(=O)Cc1ccccc1C(=O)NC1(c2ccc3c4c(cccc24)CC3)CC1. The first kappa shape index (κ1) is 19.4. The molecule has 0 atom stereocenters. The summed E-state index contributed by atoms with van der Waals surface area (Å²) in [6.07, 6.45) is 9.35. The van der Waals surface area contributed by atoms with E-state index in [1.807, 2.05) is 18.2 Å². The minimum atomic E-state index is -0.338.